The summed E-state index contributed by atoms with van der Waals surface area (Å²) in [6.45, 7) is 2.25. The minimum absolute atomic E-state index is 0.278. The van der Waals surface area contributed by atoms with Crippen molar-refractivity contribution < 1.29 is 5.11 Å². The zero-order valence-corrected chi connectivity index (χ0v) is 10.2. The molecule has 1 saturated heterocycles. The Bertz CT molecular complexity index is 420. The summed E-state index contributed by atoms with van der Waals surface area (Å²) in [5.41, 5.74) is 8.19. The molecule has 1 aromatic rings. The third-order valence-corrected chi connectivity index (χ3v) is 4.23. The average molecular weight is 232 g/mol. The fraction of sp³-hybridized carbons (Fsp3) is 0.571. The van der Waals surface area contributed by atoms with Gasteiger partial charge in [-0.05, 0) is 50.3 Å². The molecule has 0 bridgehead atoms. The van der Waals surface area contributed by atoms with Gasteiger partial charge in [0.2, 0.25) is 0 Å². The van der Waals surface area contributed by atoms with Crippen LogP contribution in [0.3, 0.4) is 0 Å². The predicted molar refractivity (Wildman–Crippen MR) is 69.3 cm³/mol. The van der Waals surface area contributed by atoms with E-state index in [0.717, 1.165) is 31.5 Å². The average Bonchev–Trinajstić information content (AvgIpc) is 2.80. The maximum atomic E-state index is 9.98. The Labute approximate surface area is 102 Å². The van der Waals surface area contributed by atoms with Crippen LogP contribution in [0.15, 0.2) is 18.2 Å². The van der Waals surface area contributed by atoms with Crippen LogP contribution >= 0.6 is 0 Å². The number of rotatable bonds is 2. The fourth-order valence-corrected chi connectivity index (χ4v) is 2.92. The van der Waals surface area contributed by atoms with Gasteiger partial charge in [-0.3, -0.25) is 0 Å². The van der Waals surface area contributed by atoms with Crippen LogP contribution in [0.5, 0.6) is 5.75 Å². The maximum Gasteiger partial charge on any atom is 0.120 e. The topological polar surface area (TPSA) is 49.5 Å². The van der Waals surface area contributed by atoms with Gasteiger partial charge in [0.25, 0.3) is 0 Å². The quantitative estimate of drug-likeness (QED) is 0.822. The summed E-state index contributed by atoms with van der Waals surface area (Å²) in [6, 6.07) is 5.90. The van der Waals surface area contributed by atoms with Gasteiger partial charge in [0.15, 0.2) is 0 Å². The molecule has 0 spiro atoms. The summed E-state index contributed by atoms with van der Waals surface area (Å²) >= 11 is 0. The summed E-state index contributed by atoms with van der Waals surface area (Å²) in [7, 11) is 0. The Morgan fingerprint density at radius 3 is 2.41 bits per heavy atom. The van der Waals surface area contributed by atoms with E-state index < -0.39 is 0 Å². The van der Waals surface area contributed by atoms with Gasteiger partial charge in [0.05, 0.1) is 0 Å². The van der Waals surface area contributed by atoms with Gasteiger partial charge in [-0.25, -0.2) is 0 Å². The molecule has 3 N–H and O–H groups in total. The standard InChI is InChI=1S/C14H20N2O/c15-14(6-3-7-14)12-10-11(4-5-13(12)17)16-8-1-2-9-16/h4-5,10,17H,1-3,6-9,15H2. The third-order valence-electron chi connectivity index (χ3n) is 4.23. The zero-order chi connectivity index (χ0) is 11.9. The molecule has 0 amide bonds. The molecular weight excluding hydrogens is 212 g/mol. The Kier molecular flexibility index (Phi) is 2.51. The molecule has 1 aliphatic heterocycles. The van der Waals surface area contributed by atoms with E-state index in [0.29, 0.717) is 5.75 Å². The lowest BCUT2D eigenvalue weighted by molar-refractivity contribution is 0.245. The van der Waals surface area contributed by atoms with Crippen molar-refractivity contribution in [3.8, 4) is 5.75 Å². The van der Waals surface area contributed by atoms with Crippen molar-refractivity contribution in [1.82, 2.24) is 0 Å². The molecule has 2 fully saturated rings. The summed E-state index contributed by atoms with van der Waals surface area (Å²) in [6.07, 6.45) is 5.69. The molecule has 2 aliphatic rings. The predicted octanol–water partition coefficient (Wildman–Crippen LogP) is 2.33. The van der Waals surface area contributed by atoms with Crippen LogP contribution in [0.4, 0.5) is 5.69 Å². The number of aromatic hydroxyl groups is 1. The van der Waals surface area contributed by atoms with Crippen molar-refractivity contribution in [2.75, 3.05) is 18.0 Å². The monoisotopic (exact) mass is 232 g/mol. The highest BCUT2D eigenvalue weighted by Crippen LogP contribution is 2.43. The minimum Gasteiger partial charge on any atom is -0.508 e. The summed E-state index contributed by atoms with van der Waals surface area (Å²) in [5, 5.41) is 9.98. The molecule has 0 aromatic heterocycles. The normalized spacial score (nSPS) is 22.5. The second kappa shape index (κ2) is 3.91. The molecule has 1 heterocycles. The van der Waals surface area contributed by atoms with E-state index in [2.05, 4.69) is 11.0 Å². The first-order valence-electron chi connectivity index (χ1n) is 6.56. The molecule has 3 rings (SSSR count). The van der Waals surface area contributed by atoms with Crippen LogP contribution in [-0.2, 0) is 5.54 Å². The van der Waals surface area contributed by atoms with E-state index in [1.165, 1.54) is 24.9 Å². The van der Waals surface area contributed by atoms with E-state index in [-0.39, 0.29) is 5.54 Å². The molecule has 1 saturated carbocycles. The van der Waals surface area contributed by atoms with E-state index >= 15 is 0 Å². The highest BCUT2D eigenvalue weighted by Gasteiger charge is 2.36. The van der Waals surface area contributed by atoms with Crippen molar-refractivity contribution in [2.24, 2.45) is 5.73 Å². The second-order valence-electron chi connectivity index (χ2n) is 5.41. The molecule has 3 nitrogen and oxygen atoms in total. The Hall–Kier alpha value is -1.22. The molecule has 1 aromatic carbocycles. The maximum absolute atomic E-state index is 9.98. The van der Waals surface area contributed by atoms with Crippen molar-refractivity contribution in [1.29, 1.82) is 0 Å². The molecule has 0 radical (unpaired) electrons. The Morgan fingerprint density at radius 2 is 1.82 bits per heavy atom. The first-order valence-corrected chi connectivity index (χ1v) is 6.56. The smallest absolute Gasteiger partial charge is 0.120 e. The zero-order valence-electron chi connectivity index (χ0n) is 10.2. The lowest BCUT2D eigenvalue weighted by Crippen LogP contribution is -2.43. The molecule has 3 heteroatoms. The van der Waals surface area contributed by atoms with Gasteiger partial charge in [-0.1, -0.05) is 0 Å². The highest BCUT2D eigenvalue weighted by atomic mass is 16.3. The number of phenolic OH excluding ortho intramolecular Hbond substituents is 1. The molecule has 0 unspecified atom stereocenters. The molecule has 0 atom stereocenters. The number of nitrogens with zero attached hydrogens (tertiary/aromatic N) is 1. The molecule has 1 aliphatic carbocycles. The van der Waals surface area contributed by atoms with Crippen LogP contribution in [0.2, 0.25) is 0 Å². The van der Waals surface area contributed by atoms with Gasteiger partial charge >= 0.3 is 0 Å². The first kappa shape index (κ1) is 10.9. The van der Waals surface area contributed by atoms with Crippen molar-refractivity contribution in [3.05, 3.63) is 23.8 Å². The number of nitrogens with two attached hydrogens (primary N) is 1. The second-order valence-corrected chi connectivity index (χ2v) is 5.41. The molecular formula is C14H20N2O. The van der Waals surface area contributed by atoms with Crippen LogP contribution in [0, 0.1) is 0 Å². The molecule has 17 heavy (non-hydrogen) atoms. The number of phenols is 1. The number of benzene rings is 1. The molecule has 92 valence electrons. The SMILES string of the molecule is NC1(c2cc(N3CCCC3)ccc2O)CCC1. The van der Waals surface area contributed by atoms with Crippen LogP contribution < -0.4 is 10.6 Å². The Balaban J connectivity index is 1.94. The summed E-state index contributed by atoms with van der Waals surface area (Å²) in [4.78, 5) is 2.38. The largest absolute Gasteiger partial charge is 0.508 e. The highest BCUT2D eigenvalue weighted by molar-refractivity contribution is 5.55. The summed E-state index contributed by atoms with van der Waals surface area (Å²) in [5.74, 6) is 0.357. The fourth-order valence-electron chi connectivity index (χ4n) is 2.92. The third kappa shape index (κ3) is 1.78. The van der Waals surface area contributed by atoms with Gasteiger partial charge in [0, 0.05) is 29.9 Å². The van der Waals surface area contributed by atoms with Crippen molar-refractivity contribution in [2.45, 2.75) is 37.6 Å². The van der Waals surface area contributed by atoms with Crippen LogP contribution in [0.25, 0.3) is 0 Å². The lowest BCUT2D eigenvalue weighted by Gasteiger charge is -2.39. The van der Waals surface area contributed by atoms with Crippen molar-refractivity contribution >= 4 is 5.69 Å². The summed E-state index contributed by atoms with van der Waals surface area (Å²) < 4.78 is 0. The van der Waals surface area contributed by atoms with E-state index in [1.54, 1.807) is 6.07 Å². The van der Waals surface area contributed by atoms with E-state index in [4.69, 9.17) is 5.73 Å². The number of anilines is 1. The van der Waals surface area contributed by atoms with E-state index in [9.17, 15) is 5.11 Å². The van der Waals surface area contributed by atoms with Gasteiger partial charge in [-0.2, -0.15) is 0 Å². The van der Waals surface area contributed by atoms with Gasteiger partial charge < -0.3 is 15.7 Å². The van der Waals surface area contributed by atoms with Crippen LogP contribution in [-0.4, -0.2) is 18.2 Å². The van der Waals surface area contributed by atoms with Crippen molar-refractivity contribution in [3.63, 3.8) is 0 Å². The minimum atomic E-state index is -0.278. The lowest BCUT2D eigenvalue weighted by atomic mass is 9.72. The van der Waals surface area contributed by atoms with Gasteiger partial charge in [0.1, 0.15) is 5.75 Å². The Morgan fingerprint density at radius 1 is 1.12 bits per heavy atom. The number of hydrogen-bond acceptors (Lipinski definition) is 3. The van der Waals surface area contributed by atoms with Gasteiger partial charge in [-0.15, -0.1) is 0 Å². The van der Waals surface area contributed by atoms with E-state index in [1.807, 2.05) is 6.07 Å². The van der Waals surface area contributed by atoms with Crippen LogP contribution in [0.1, 0.15) is 37.7 Å². The first-order chi connectivity index (χ1) is 8.19. The number of hydrogen-bond donors (Lipinski definition) is 2.